The number of rotatable bonds is 6. The molecular formula is C21H34N4O2S. The molecule has 2 aliphatic heterocycles. The van der Waals surface area contributed by atoms with E-state index >= 15 is 0 Å². The van der Waals surface area contributed by atoms with Gasteiger partial charge in [-0.1, -0.05) is 30.3 Å². The number of piperidine rings is 2. The number of aliphatic imine (C=N–C) groups is 1. The van der Waals surface area contributed by atoms with Gasteiger partial charge in [-0.05, 0) is 44.2 Å². The second kappa shape index (κ2) is 9.74. The van der Waals surface area contributed by atoms with Crippen LogP contribution in [0, 0.1) is 5.92 Å². The van der Waals surface area contributed by atoms with Crippen molar-refractivity contribution < 1.29 is 8.42 Å². The summed E-state index contributed by atoms with van der Waals surface area (Å²) in [5, 5.41) is 3.35. The van der Waals surface area contributed by atoms with E-state index in [2.05, 4.69) is 57.4 Å². The summed E-state index contributed by atoms with van der Waals surface area (Å²) in [5.41, 5.74) is 1.39. The lowest BCUT2D eigenvalue weighted by Gasteiger charge is -2.48. The molecule has 0 amide bonds. The molecule has 0 aromatic heterocycles. The largest absolute Gasteiger partial charge is 0.357 e. The Hall–Kier alpha value is -1.60. The number of fused-ring (bicyclic) bond motifs is 1. The van der Waals surface area contributed by atoms with Crippen LogP contribution in [0.2, 0.25) is 0 Å². The Morgan fingerprint density at radius 1 is 1.21 bits per heavy atom. The lowest BCUT2D eigenvalue weighted by Crippen LogP contribution is -2.56. The van der Waals surface area contributed by atoms with Crippen LogP contribution in [0.25, 0.3) is 0 Å². The van der Waals surface area contributed by atoms with Crippen LogP contribution in [-0.4, -0.2) is 75.0 Å². The highest BCUT2D eigenvalue weighted by atomic mass is 32.2. The minimum atomic E-state index is -2.98. The number of hydrogen-bond donors (Lipinski definition) is 1. The number of nitrogens with zero attached hydrogens (tertiary/aromatic N) is 3. The van der Waals surface area contributed by atoms with Crippen LogP contribution >= 0.6 is 0 Å². The third kappa shape index (κ3) is 5.95. The standard InChI is InChI=1S/C21H34N4O2S/c1-3-22-21(23-12-15-28(2,26)27)25-14-11-20-19(17-25)10-7-13-24(20)16-18-8-5-4-6-9-18/h4-6,8-9,19-20H,3,7,10-17H2,1-2H3,(H,22,23). The van der Waals surface area contributed by atoms with Gasteiger partial charge in [0.2, 0.25) is 0 Å². The van der Waals surface area contributed by atoms with E-state index in [1.54, 1.807) is 0 Å². The lowest BCUT2D eigenvalue weighted by atomic mass is 9.83. The highest BCUT2D eigenvalue weighted by Crippen LogP contribution is 2.31. The van der Waals surface area contributed by atoms with Gasteiger partial charge in [0.05, 0.1) is 12.3 Å². The minimum absolute atomic E-state index is 0.104. The van der Waals surface area contributed by atoms with Crippen molar-refractivity contribution in [3.05, 3.63) is 35.9 Å². The van der Waals surface area contributed by atoms with Crippen molar-refractivity contribution in [1.29, 1.82) is 0 Å². The molecule has 156 valence electrons. The highest BCUT2D eigenvalue weighted by molar-refractivity contribution is 7.90. The molecule has 2 atom stereocenters. The number of likely N-dealkylation sites (tertiary alicyclic amines) is 2. The molecule has 0 bridgehead atoms. The topological polar surface area (TPSA) is 65.0 Å². The molecule has 3 rings (SSSR count). The zero-order chi connectivity index (χ0) is 20.0. The zero-order valence-corrected chi connectivity index (χ0v) is 18.0. The number of sulfone groups is 1. The van der Waals surface area contributed by atoms with Crippen molar-refractivity contribution >= 4 is 15.8 Å². The Morgan fingerprint density at radius 3 is 2.71 bits per heavy atom. The summed E-state index contributed by atoms with van der Waals surface area (Å²) in [5.74, 6) is 1.61. The van der Waals surface area contributed by atoms with Gasteiger partial charge >= 0.3 is 0 Å². The van der Waals surface area contributed by atoms with E-state index in [1.807, 2.05) is 0 Å². The fraction of sp³-hybridized carbons (Fsp3) is 0.667. The fourth-order valence-corrected chi connectivity index (χ4v) is 4.88. The second-order valence-electron chi connectivity index (χ2n) is 8.03. The van der Waals surface area contributed by atoms with Crippen molar-refractivity contribution in [2.45, 2.75) is 38.8 Å². The van der Waals surface area contributed by atoms with E-state index in [9.17, 15) is 8.42 Å². The first-order valence-electron chi connectivity index (χ1n) is 10.4. The molecule has 0 radical (unpaired) electrons. The van der Waals surface area contributed by atoms with E-state index in [1.165, 1.54) is 31.2 Å². The van der Waals surface area contributed by atoms with Gasteiger partial charge in [0.15, 0.2) is 5.96 Å². The average molecular weight is 407 g/mol. The molecule has 0 aliphatic carbocycles. The maximum absolute atomic E-state index is 11.4. The second-order valence-corrected chi connectivity index (χ2v) is 10.3. The van der Waals surface area contributed by atoms with Crippen molar-refractivity contribution in [3.8, 4) is 0 Å². The summed E-state index contributed by atoms with van der Waals surface area (Å²) < 4.78 is 22.8. The Bertz CT molecular complexity index is 751. The molecule has 2 unspecified atom stereocenters. The van der Waals surface area contributed by atoms with Crippen LogP contribution in [0.5, 0.6) is 0 Å². The van der Waals surface area contributed by atoms with Crippen LogP contribution in [0.15, 0.2) is 35.3 Å². The van der Waals surface area contributed by atoms with Gasteiger partial charge in [0.1, 0.15) is 9.84 Å². The summed E-state index contributed by atoms with van der Waals surface area (Å²) in [6.45, 7) is 7.36. The normalized spacial score (nSPS) is 24.1. The molecule has 2 aliphatic rings. The number of benzene rings is 1. The summed E-state index contributed by atoms with van der Waals surface area (Å²) in [7, 11) is -2.98. The lowest BCUT2D eigenvalue weighted by molar-refractivity contribution is 0.0372. The predicted molar refractivity (Wildman–Crippen MR) is 115 cm³/mol. The van der Waals surface area contributed by atoms with Crippen LogP contribution < -0.4 is 5.32 Å². The third-order valence-corrected chi connectivity index (χ3v) is 6.69. The molecule has 2 fully saturated rings. The predicted octanol–water partition coefficient (Wildman–Crippen LogP) is 1.98. The first-order chi connectivity index (χ1) is 13.5. The monoisotopic (exact) mass is 406 g/mol. The Kier molecular flexibility index (Phi) is 7.35. The first kappa shape index (κ1) is 21.1. The minimum Gasteiger partial charge on any atom is -0.357 e. The summed E-state index contributed by atoms with van der Waals surface area (Å²) in [6, 6.07) is 11.4. The Morgan fingerprint density at radius 2 is 2.00 bits per heavy atom. The maximum Gasteiger partial charge on any atom is 0.193 e. The van der Waals surface area contributed by atoms with E-state index in [4.69, 9.17) is 0 Å². The van der Waals surface area contributed by atoms with Gasteiger partial charge < -0.3 is 10.2 Å². The molecule has 1 N–H and O–H groups in total. The summed E-state index contributed by atoms with van der Waals surface area (Å²) in [6.07, 6.45) is 4.90. The van der Waals surface area contributed by atoms with Crippen LogP contribution in [-0.2, 0) is 16.4 Å². The summed E-state index contributed by atoms with van der Waals surface area (Å²) in [4.78, 5) is 9.58. The average Bonchev–Trinajstić information content (AvgIpc) is 2.67. The molecule has 0 saturated carbocycles. The Balaban J connectivity index is 1.62. The third-order valence-electron chi connectivity index (χ3n) is 5.77. The smallest absolute Gasteiger partial charge is 0.193 e. The van der Waals surface area contributed by atoms with Gasteiger partial charge in [0.25, 0.3) is 0 Å². The molecule has 28 heavy (non-hydrogen) atoms. The molecule has 7 heteroatoms. The summed E-state index contributed by atoms with van der Waals surface area (Å²) >= 11 is 0. The fourth-order valence-electron chi connectivity index (χ4n) is 4.46. The Labute approximate surface area is 169 Å². The first-order valence-corrected chi connectivity index (χ1v) is 12.5. The van der Waals surface area contributed by atoms with Crippen molar-refractivity contribution in [3.63, 3.8) is 0 Å². The van der Waals surface area contributed by atoms with Crippen LogP contribution in [0.1, 0.15) is 31.7 Å². The number of guanidine groups is 1. The van der Waals surface area contributed by atoms with Crippen molar-refractivity contribution in [2.24, 2.45) is 10.9 Å². The molecule has 1 aromatic carbocycles. The number of hydrogen-bond acceptors (Lipinski definition) is 4. The van der Waals surface area contributed by atoms with Crippen molar-refractivity contribution in [1.82, 2.24) is 15.1 Å². The van der Waals surface area contributed by atoms with Gasteiger partial charge in [-0.3, -0.25) is 9.89 Å². The molecule has 6 nitrogen and oxygen atoms in total. The maximum atomic E-state index is 11.4. The van der Waals surface area contributed by atoms with E-state index in [0.717, 1.165) is 38.6 Å². The molecule has 2 heterocycles. The van der Waals surface area contributed by atoms with Crippen LogP contribution in [0.3, 0.4) is 0 Å². The van der Waals surface area contributed by atoms with Gasteiger partial charge in [0, 0.05) is 38.5 Å². The SMILES string of the molecule is CCNC(=NCCS(C)(=O)=O)N1CCC2C(CCCN2Cc2ccccc2)C1. The molecular weight excluding hydrogens is 372 g/mol. The van der Waals surface area contributed by atoms with Crippen molar-refractivity contribution in [2.75, 3.05) is 44.7 Å². The molecule has 2 saturated heterocycles. The van der Waals surface area contributed by atoms with Crippen LogP contribution in [0.4, 0.5) is 0 Å². The van der Waals surface area contributed by atoms with Gasteiger partial charge in [-0.2, -0.15) is 0 Å². The van der Waals surface area contributed by atoms with E-state index < -0.39 is 9.84 Å². The van der Waals surface area contributed by atoms with E-state index in [0.29, 0.717) is 18.5 Å². The molecule has 0 spiro atoms. The quantitative estimate of drug-likeness (QED) is 0.578. The molecule has 1 aromatic rings. The van der Waals surface area contributed by atoms with Gasteiger partial charge in [-0.25, -0.2) is 8.42 Å². The van der Waals surface area contributed by atoms with Gasteiger partial charge in [-0.15, -0.1) is 0 Å². The van der Waals surface area contributed by atoms with E-state index in [-0.39, 0.29) is 5.75 Å². The number of nitrogens with one attached hydrogen (secondary N) is 1. The highest BCUT2D eigenvalue weighted by Gasteiger charge is 2.36. The zero-order valence-electron chi connectivity index (χ0n) is 17.2.